The number of nitrogens with zero attached hydrogens (tertiary/aromatic N) is 6. The molecule has 3 aromatic rings. The number of hydrogen-bond acceptors (Lipinski definition) is 6. The van der Waals surface area contributed by atoms with Crippen LogP contribution >= 0.6 is 11.8 Å². The van der Waals surface area contributed by atoms with E-state index in [1.54, 1.807) is 18.0 Å². The molecule has 0 radical (unpaired) electrons. The molecule has 0 atom stereocenters. The van der Waals surface area contributed by atoms with Crippen molar-refractivity contribution in [3.05, 3.63) is 48.0 Å². The second-order valence-electron chi connectivity index (χ2n) is 6.02. The maximum atomic E-state index is 4.38. The predicted molar refractivity (Wildman–Crippen MR) is 106 cm³/mol. The van der Waals surface area contributed by atoms with Gasteiger partial charge in [0, 0.05) is 49.5 Å². The van der Waals surface area contributed by atoms with Crippen LogP contribution in [0.3, 0.4) is 0 Å². The molecule has 1 aromatic carbocycles. The Balaban J connectivity index is 1.73. The Kier molecular flexibility index (Phi) is 5.88. The van der Waals surface area contributed by atoms with Gasteiger partial charge in [-0.1, -0.05) is 11.8 Å². The van der Waals surface area contributed by atoms with Gasteiger partial charge in [-0.05, 0) is 45.0 Å². The summed E-state index contributed by atoms with van der Waals surface area (Å²) in [6.45, 7) is 8.28. The Bertz CT molecular complexity index is 837. The predicted octanol–water partition coefficient (Wildman–Crippen LogP) is 3.72. The van der Waals surface area contributed by atoms with E-state index in [0.29, 0.717) is 0 Å². The van der Waals surface area contributed by atoms with E-state index < -0.39 is 0 Å². The van der Waals surface area contributed by atoms with Crippen LogP contribution in [0.1, 0.15) is 25.2 Å². The number of thioether (sulfide) groups is 1. The van der Waals surface area contributed by atoms with E-state index in [1.165, 1.54) is 5.69 Å². The van der Waals surface area contributed by atoms with Crippen LogP contribution in [0.5, 0.6) is 0 Å². The lowest BCUT2D eigenvalue weighted by molar-refractivity contribution is 0.793. The minimum atomic E-state index is 0.722. The number of benzene rings is 1. The number of aromatic nitrogens is 5. The molecule has 0 fully saturated rings. The fraction of sp³-hybridized carbons (Fsp3) is 0.368. The number of rotatable bonds is 7. The van der Waals surface area contributed by atoms with Crippen molar-refractivity contribution in [2.75, 3.05) is 18.0 Å². The summed E-state index contributed by atoms with van der Waals surface area (Å²) in [6.07, 6.45) is 3.60. The van der Waals surface area contributed by atoms with Crippen LogP contribution in [-0.4, -0.2) is 37.8 Å². The molecule has 26 heavy (non-hydrogen) atoms. The van der Waals surface area contributed by atoms with Gasteiger partial charge in [-0.15, -0.1) is 10.2 Å². The molecule has 0 saturated heterocycles. The van der Waals surface area contributed by atoms with Crippen LogP contribution in [-0.2, 0) is 12.8 Å². The van der Waals surface area contributed by atoms with Gasteiger partial charge in [0.2, 0.25) is 0 Å². The van der Waals surface area contributed by atoms with E-state index in [0.717, 1.165) is 46.8 Å². The molecule has 136 valence electrons. The second kappa shape index (κ2) is 8.31. The average Bonchev–Trinajstić information content (AvgIpc) is 3.03. The first-order valence-corrected chi connectivity index (χ1v) is 9.76. The van der Waals surface area contributed by atoms with Gasteiger partial charge in [0.25, 0.3) is 0 Å². The van der Waals surface area contributed by atoms with Crippen molar-refractivity contribution in [1.29, 1.82) is 0 Å². The maximum absolute atomic E-state index is 4.38. The third-order valence-corrected chi connectivity index (χ3v) is 5.33. The first kappa shape index (κ1) is 18.4. The fourth-order valence-electron chi connectivity index (χ4n) is 2.73. The molecule has 0 bridgehead atoms. The van der Waals surface area contributed by atoms with Crippen molar-refractivity contribution in [2.45, 2.75) is 31.7 Å². The lowest BCUT2D eigenvalue weighted by Crippen LogP contribution is -2.21. The summed E-state index contributed by atoms with van der Waals surface area (Å²) in [7, 11) is 2.00. The zero-order valence-electron chi connectivity index (χ0n) is 15.7. The lowest BCUT2D eigenvalue weighted by atomic mass is 10.2. The Morgan fingerprint density at radius 2 is 1.73 bits per heavy atom. The number of anilines is 1. The molecular weight excluding hydrogens is 344 g/mol. The Morgan fingerprint density at radius 1 is 1.00 bits per heavy atom. The molecule has 0 N–H and O–H groups in total. The molecule has 0 aliphatic heterocycles. The van der Waals surface area contributed by atoms with E-state index in [2.05, 4.69) is 63.2 Å². The van der Waals surface area contributed by atoms with Gasteiger partial charge in [-0.3, -0.25) is 9.97 Å². The standard InChI is InChI=1S/C19H24N6S/c1-5-25(6-2)17-9-7-15(8-10-17)18-22-23-19(24(18)4)26-13-16-12-20-14(3)11-21-16/h7-12H,5-6,13H2,1-4H3. The number of hydrogen-bond donors (Lipinski definition) is 0. The third-order valence-electron chi connectivity index (χ3n) is 4.27. The van der Waals surface area contributed by atoms with Crippen molar-refractivity contribution in [2.24, 2.45) is 7.05 Å². The van der Waals surface area contributed by atoms with Gasteiger partial charge >= 0.3 is 0 Å². The molecular formula is C19H24N6S. The largest absolute Gasteiger partial charge is 0.372 e. The normalized spacial score (nSPS) is 10.9. The Hall–Kier alpha value is -2.41. The van der Waals surface area contributed by atoms with Crippen LogP contribution in [0.15, 0.2) is 41.8 Å². The minimum absolute atomic E-state index is 0.722. The molecule has 0 amide bonds. The summed E-state index contributed by atoms with van der Waals surface area (Å²) in [6, 6.07) is 8.51. The highest BCUT2D eigenvalue weighted by atomic mass is 32.2. The van der Waals surface area contributed by atoms with E-state index >= 15 is 0 Å². The molecule has 6 nitrogen and oxygen atoms in total. The topological polar surface area (TPSA) is 59.7 Å². The Morgan fingerprint density at radius 3 is 2.35 bits per heavy atom. The molecule has 0 saturated carbocycles. The Labute approximate surface area is 158 Å². The monoisotopic (exact) mass is 368 g/mol. The van der Waals surface area contributed by atoms with Crippen molar-refractivity contribution in [1.82, 2.24) is 24.7 Å². The molecule has 0 aliphatic rings. The zero-order valence-corrected chi connectivity index (χ0v) is 16.5. The van der Waals surface area contributed by atoms with Crippen LogP contribution in [0.4, 0.5) is 5.69 Å². The van der Waals surface area contributed by atoms with Crippen LogP contribution in [0.2, 0.25) is 0 Å². The van der Waals surface area contributed by atoms with Crippen LogP contribution in [0, 0.1) is 6.92 Å². The molecule has 0 aliphatic carbocycles. The highest BCUT2D eigenvalue weighted by Crippen LogP contribution is 2.26. The van der Waals surface area contributed by atoms with Crippen molar-refractivity contribution >= 4 is 17.4 Å². The van der Waals surface area contributed by atoms with Crippen LogP contribution in [0.25, 0.3) is 11.4 Å². The van der Waals surface area contributed by atoms with E-state index in [1.807, 2.05) is 24.7 Å². The fourth-order valence-corrected chi connectivity index (χ4v) is 3.54. The van der Waals surface area contributed by atoms with Gasteiger partial charge < -0.3 is 9.47 Å². The van der Waals surface area contributed by atoms with E-state index in [9.17, 15) is 0 Å². The molecule has 7 heteroatoms. The van der Waals surface area contributed by atoms with Crippen molar-refractivity contribution < 1.29 is 0 Å². The highest BCUT2D eigenvalue weighted by molar-refractivity contribution is 7.98. The summed E-state index contributed by atoms with van der Waals surface area (Å²) >= 11 is 1.62. The lowest BCUT2D eigenvalue weighted by Gasteiger charge is -2.21. The summed E-state index contributed by atoms with van der Waals surface area (Å²) < 4.78 is 2.03. The first-order chi connectivity index (χ1) is 12.6. The first-order valence-electron chi connectivity index (χ1n) is 8.77. The molecule has 0 unspecified atom stereocenters. The van der Waals surface area contributed by atoms with Gasteiger partial charge in [-0.25, -0.2) is 0 Å². The van der Waals surface area contributed by atoms with Crippen LogP contribution < -0.4 is 4.90 Å². The summed E-state index contributed by atoms with van der Waals surface area (Å²) in [4.78, 5) is 11.0. The summed E-state index contributed by atoms with van der Waals surface area (Å²) in [5, 5.41) is 9.57. The van der Waals surface area contributed by atoms with Gasteiger partial charge in [0.05, 0.1) is 11.4 Å². The molecule has 2 aromatic heterocycles. The highest BCUT2D eigenvalue weighted by Gasteiger charge is 2.12. The van der Waals surface area contributed by atoms with Crippen molar-refractivity contribution in [3.8, 4) is 11.4 Å². The minimum Gasteiger partial charge on any atom is -0.372 e. The third kappa shape index (κ3) is 4.04. The van der Waals surface area contributed by atoms with Crippen molar-refractivity contribution in [3.63, 3.8) is 0 Å². The zero-order chi connectivity index (χ0) is 18.5. The quantitative estimate of drug-likeness (QED) is 0.593. The number of aryl methyl sites for hydroxylation is 1. The van der Waals surface area contributed by atoms with E-state index in [-0.39, 0.29) is 0 Å². The van der Waals surface area contributed by atoms with Gasteiger partial charge in [0.15, 0.2) is 11.0 Å². The molecule has 0 spiro atoms. The molecule has 2 heterocycles. The molecule has 3 rings (SSSR count). The maximum Gasteiger partial charge on any atom is 0.191 e. The van der Waals surface area contributed by atoms with Gasteiger partial charge in [0.1, 0.15) is 0 Å². The van der Waals surface area contributed by atoms with Gasteiger partial charge in [-0.2, -0.15) is 0 Å². The van der Waals surface area contributed by atoms with E-state index in [4.69, 9.17) is 0 Å². The summed E-state index contributed by atoms with van der Waals surface area (Å²) in [5.41, 5.74) is 4.16. The smallest absolute Gasteiger partial charge is 0.191 e. The summed E-state index contributed by atoms with van der Waals surface area (Å²) in [5.74, 6) is 1.59. The second-order valence-corrected chi connectivity index (χ2v) is 6.96. The SMILES string of the molecule is CCN(CC)c1ccc(-c2nnc(SCc3cnc(C)cn3)n2C)cc1. The average molecular weight is 369 g/mol.